The Hall–Kier alpha value is -2.36. The van der Waals surface area contributed by atoms with E-state index in [1.54, 1.807) is 20.8 Å². The number of hydrogen-bond acceptors (Lipinski definition) is 6. The highest BCUT2D eigenvalue weighted by atomic mass is 16.6. The molecule has 10 heteroatoms. The van der Waals surface area contributed by atoms with Gasteiger partial charge in [-0.3, -0.25) is 9.59 Å². The van der Waals surface area contributed by atoms with Crippen LogP contribution in [0.5, 0.6) is 0 Å². The zero-order valence-electron chi connectivity index (χ0n) is 14.1. The molecule has 0 fully saturated rings. The number of amides is 2. The molecule has 0 heterocycles. The Morgan fingerprint density at radius 3 is 2.13 bits per heavy atom. The Bertz CT molecular complexity index is 491. The second-order valence-electron chi connectivity index (χ2n) is 5.64. The number of ether oxygens (including phenoxy) is 1. The summed E-state index contributed by atoms with van der Waals surface area (Å²) in [5, 5.41) is 28.8. The van der Waals surface area contributed by atoms with Gasteiger partial charge in [-0.05, 0) is 27.2 Å². The van der Waals surface area contributed by atoms with Crippen molar-refractivity contribution < 1.29 is 40.6 Å². The second kappa shape index (κ2) is 8.93. The molecule has 2 atom stereocenters. The summed E-state index contributed by atoms with van der Waals surface area (Å²) in [6.45, 7) is 3.68. The molecule has 132 valence electrons. The van der Waals surface area contributed by atoms with Gasteiger partial charge in [0.15, 0.2) is 1.41 Å². The van der Waals surface area contributed by atoms with E-state index in [9.17, 15) is 24.3 Å². The topological polar surface area (TPSA) is 162 Å². The molecule has 0 aliphatic carbocycles. The lowest BCUT2D eigenvalue weighted by Crippen LogP contribution is -2.53. The smallest absolute Gasteiger partial charge is 0.408 e. The monoisotopic (exact) mass is 335 g/mol. The van der Waals surface area contributed by atoms with Gasteiger partial charge in [-0.1, -0.05) is 0 Å². The molecule has 2 amide bonds. The van der Waals surface area contributed by atoms with E-state index in [2.05, 4.69) is 0 Å². The average molecular weight is 335 g/mol. The summed E-state index contributed by atoms with van der Waals surface area (Å²) in [6.07, 6.45) is -2.09. The normalized spacial score (nSPS) is 14.2. The summed E-state index contributed by atoms with van der Waals surface area (Å²) in [6, 6.07) is -3.23. The molecule has 0 radical (unpaired) electrons. The molecule has 0 bridgehead atoms. The first-order valence-electron chi connectivity index (χ1n) is 7.20. The van der Waals surface area contributed by atoms with Crippen molar-refractivity contribution in [3.05, 3.63) is 0 Å². The van der Waals surface area contributed by atoms with Crippen molar-refractivity contribution in [2.45, 2.75) is 51.3 Å². The Kier molecular flexibility index (Phi) is 7.26. The Morgan fingerprint density at radius 1 is 1.17 bits per heavy atom. The van der Waals surface area contributed by atoms with Gasteiger partial charge in [0.25, 0.3) is 0 Å². The average Bonchev–Trinajstić information content (AvgIpc) is 2.41. The van der Waals surface area contributed by atoms with E-state index in [4.69, 9.17) is 16.4 Å². The Labute approximate surface area is 134 Å². The van der Waals surface area contributed by atoms with Crippen LogP contribution < -0.4 is 10.6 Å². The molecule has 0 aromatic rings. The first-order chi connectivity index (χ1) is 10.9. The van der Waals surface area contributed by atoms with Crippen LogP contribution in [0.4, 0.5) is 4.79 Å². The van der Waals surface area contributed by atoms with Crippen molar-refractivity contribution in [1.82, 2.24) is 10.6 Å². The molecule has 0 saturated heterocycles. The van der Waals surface area contributed by atoms with Gasteiger partial charge in [0.2, 0.25) is 5.91 Å². The van der Waals surface area contributed by atoms with Crippen LogP contribution in [0.1, 0.15) is 33.6 Å². The molecular formula is C13H22N2O8. The van der Waals surface area contributed by atoms with Crippen LogP contribution >= 0.6 is 0 Å². The van der Waals surface area contributed by atoms with Crippen LogP contribution in [0, 0.1) is 0 Å². The van der Waals surface area contributed by atoms with Gasteiger partial charge in [-0.25, -0.2) is 9.59 Å². The minimum absolute atomic E-state index is 0.0939. The maximum Gasteiger partial charge on any atom is 0.408 e. The van der Waals surface area contributed by atoms with E-state index in [1.807, 2.05) is 5.32 Å². The van der Waals surface area contributed by atoms with Crippen molar-refractivity contribution >= 4 is 23.9 Å². The number of carboxylic acids is 2. The van der Waals surface area contributed by atoms with E-state index in [-0.39, 0.29) is 11.7 Å². The van der Waals surface area contributed by atoms with Crippen molar-refractivity contribution in [2.75, 3.05) is 6.61 Å². The third-order valence-electron chi connectivity index (χ3n) is 2.39. The van der Waals surface area contributed by atoms with Gasteiger partial charge >= 0.3 is 18.0 Å². The molecule has 0 aliphatic rings. The second-order valence-corrected chi connectivity index (χ2v) is 5.64. The molecule has 0 aromatic heterocycles. The molecule has 0 spiro atoms. The van der Waals surface area contributed by atoms with Crippen LogP contribution in [0.25, 0.3) is 0 Å². The molecule has 5 N–H and O–H groups in total. The zero-order chi connectivity index (χ0) is 19.1. The molecule has 0 aliphatic heterocycles. The largest absolute Gasteiger partial charge is 0.481 e. The molecule has 0 rings (SSSR count). The van der Waals surface area contributed by atoms with Crippen molar-refractivity contribution in [3.8, 4) is 0 Å². The number of nitrogens with one attached hydrogen (secondary N) is 2. The van der Waals surface area contributed by atoms with Crippen LogP contribution in [0.15, 0.2) is 0 Å². The predicted octanol–water partition coefficient (Wildman–Crippen LogP) is -0.694. The highest BCUT2D eigenvalue weighted by Gasteiger charge is 2.28. The molecular weight excluding hydrogens is 312 g/mol. The third-order valence-corrected chi connectivity index (χ3v) is 2.39. The lowest BCUT2D eigenvalue weighted by atomic mass is 10.1. The lowest BCUT2D eigenvalue weighted by molar-refractivity contribution is -0.143. The van der Waals surface area contributed by atoms with Crippen molar-refractivity contribution in [3.63, 3.8) is 0 Å². The molecule has 0 unspecified atom stereocenters. The Balaban J connectivity index is 4.96. The van der Waals surface area contributed by atoms with E-state index in [0.717, 1.165) is 0 Å². The maximum atomic E-state index is 12.0. The molecule has 23 heavy (non-hydrogen) atoms. The highest BCUT2D eigenvalue weighted by molar-refractivity contribution is 5.89. The summed E-state index contributed by atoms with van der Waals surface area (Å²) in [7, 11) is 0. The summed E-state index contributed by atoms with van der Waals surface area (Å²) >= 11 is 0. The number of aliphatic hydroxyl groups excluding tert-OH is 1. The van der Waals surface area contributed by atoms with Gasteiger partial charge in [0.1, 0.15) is 17.7 Å². The minimum atomic E-state index is -1.70. The van der Waals surface area contributed by atoms with Crippen LogP contribution in [-0.2, 0) is 19.1 Å². The fraction of sp³-hybridized carbons (Fsp3) is 0.692. The number of aliphatic carboxylic acids is 2. The summed E-state index contributed by atoms with van der Waals surface area (Å²) in [4.78, 5) is 45.2. The maximum absolute atomic E-state index is 12.0. The van der Waals surface area contributed by atoms with Crippen molar-refractivity contribution in [1.29, 1.82) is 0 Å². The molecule has 0 saturated carbocycles. The summed E-state index contributed by atoms with van der Waals surface area (Å²) in [5.74, 6) is -3.84. The van der Waals surface area contributed by atoms with Crippen LogP contribution in [0.3, 0.4) is 0 Å². The van der Waals surface area contributed by atoms with Gasteiger partial charge < -0.3 is 30.7 Å². The van der Waals surface area contributed by atoms with E-state index in [1.165, 1.54) is 0 Å². The first-order valence-corrected chi connectivity index (χ1v) is 6.76. The number of carbonyl (C=O) groups is 4. The van der Waals surface area contributed by atoms with Crippen LogP contribution in [0.2, 0.25) is 1.41 Å². The summed E-state index contributed by atoms with van der Waals surface area (Å²) < 4.78 is 12.4. The third kappa shape index (κ3) is 9.30. The fourth-order valence-electron chi connectivity index (χ4n) is 1.39. The number of rotatable bonds is 8. The number of aliphatic hydroxyl groups is 1. The predicted molar refractivity (Wildman–Crippen MR) is 76.7 cm³/mol. The van der Waals surface area contributed by atoms with E-state index in [0.29, 0.717) is 0 Å². The fourth-order valence-corrected chi connectivity index (χ4v) is 1.39. The highest BCUT2D eigenvalue weighted by Crippen LogP contribution is 2.07. The first kappa shape index (κ1) is 18.7. The van der Waals surface area contributed by atoms with E-state index < -0.39 is 54.7 Å². The number of alkyl carbamates (subject to hydrolysis) is 1. The zero-order valence-corrected chi connectivity index (χ0v) is 13.1. The lowest BCUT2D eigenvalue weighted by Gasteiger charge is -2.23. The standard InChI is InChI=1S/C13H22N2O8/c1-13(2,3)23-12(22)15-8(6-16)10(19)14-7(11(20)21)4-5-9(17)18/h7-8,16H,4-6H2,1-3H3,(H,14,19)(H,15,22)(H,17,18)(H,20,21)/t7-,8+/m0/s1/i/hD. The number of hydrogen-bond donors (Lipinski definition) is 5. The minimum Gasteiger partial charge on any atom is -0.481 e. The van der Waals surface area contributed by atoms with Crippen LogP contribution in [-0.4, -0.2) is 63.6 Å². The molecule has 10 nitrogen and oxygen atoms in total. The van der Waals surface area contributed by atoms with Gasteiger partial charge in [0, 0.05) is 6.42 Å². The SMILES string of the molecule is [2H]N(C(=O)OC(C)(C)C)[C@H](CO)C(=O)N[C@@H](CCC(=O)O)C(=O)O. The van der Waals surface area contributed by atoms with Crippen molar-refractivity contribution in [2.24, 2.45) is 0 Å². The van der Waals surface area contributed by atoms with Gasteiger partial charge in [0.05, 0.1) is 6.61 Å². The Morgan fingerprint density at radius 2 is 1.74 bits per heavy atom. The molecule has 0 aromatic carbocycles. The van der Waals surface area contributed by atoms with Gasteiger partial charge in [-0.2, -0.15) is 0 Å². The van der Waals surface area contributed by atoms with Gasteiger partial charge in [-0.15, -0.1) is 0 Å². The number of carboxylic acid groups (broad SMARTS) is 2. The summed E-state index contributed by atoms with van der Waals surface area (Å²) in [5.41, 5.74) is -0.933. The number of carbonyl (C=O) groups excluding carboxylic acids is 2. The quantitative estimate of drug-likeness (QED) is 0.389. The van der Waals surface area contributed by atoms with E-state index >= 15 is 0 Å².